The second kappa shape index (κ2) is 5.19. The summed E-state index contributed by atoms with van der Waals surface area (Å²) in [5.41, 5.74) is 0. The van der Waals surface area contributed by atoms with Crippen LogP contribution >= 0.6 is 0 Å². The van der Waals surface area contributed by atoms with Crippen LogP contribution < -0.4 is 5.32 Å². The second-order valence-electron chi connectivity index (χ2n) is 3.67. The van der Waals surface area contributed by atoms with E-state index in [1.165, 1.54) is 0 Å². The van der Waals surface area contributed by atoms with E-state index >= 15 is 0 Å². The molecule has 1 aliphatic rings. The molecule has 0 aromatic carbocycles. The number of likely N-dealkylation sites (N-methyl/N-ethyl adjacent to an activating group) is 1. The van der Waals surface area contributed by atoms with Gasteiger partial charge in [-0.05, 0) is 19.5 Å². The van der Waals surface area contributed by atoms with E-state index in [1.54, 1.807) is 19.0 Å². The van der Waals surface area contributed by atoms with E-state index in [0.29, 0.717) is 6.54 Å². The SMILES string of the molecule is CN(C)C(=O)CN1CCCNCC1. The minimum Gasteiger partial charge on any atom is -0.348 e. The normalized spacial score (nSPS) is 19.5. The largest absolute Gasteiger partial charge is 0.348 e. The predicted octanol–water partition coefficient (Wildman–Crippen LogP) is -0.630. The highest BCUT2D eigenvalue weighted by Crippen LogP contribution is 1.95. The number of nitrogens with one attached hydrogen (secondary N) is 1. The third kappa shape index (κ3) is 3.74. The van der Waals surface area contributed by atoms with Gasteiger partial charge >= 0.3 is 0 Å². The van der Waals surface area contributed by atoms with E-state index in [-0.39, 0.29) is 5.91 Å². The summed E-state index contributed by atoms with van der Waals surface area (Å²) >= 11 is 0. The van der Waals surface area contributed by atoms with Gasteiger partial charge in [0.15, 0.2) is 0 Å². The Morgan fingerprint density at radius 2 is 2.15 bits per heavy atom. The smallest absolute Gasteiger partial charge is 0.236 e. The Hall–Kier alpha value is -0.610. The summed E-state index contributed by atoms with van der Waals surface area (Å²) in [4.78, 5) is 15.2. The monoisotopic (exact) mass is 185 g/mol. The Morgan fingerprint density at radius 1 is 1.38 bits per heavy atom. The van der Waals surface area contributed by atoms with Gasteiger partial charge in [0.1, 0.15) is 0 Å². The fraction of sp³-hybridized carbons (Fsp3) is 0.889. The van der Waals surface area contributed by atoms with Gasteiger partial charge in [0.25, 0.3) is 0 Å². The lowest BCUT2D eigenvalue weighted by molar-refractivity contribution is -0.129. The van der Waals surface area contributed by atoms with Crippen LogP contribution in [0.4, 0.5) is 0 Å². The van der Waals surface area contributed by atoms with Gasteiger partial charge in [-0.3, -0.25) is 9.69 Å². The lowest BCUT2D eigenvalue weighted by Gasteiger charge is -2.20. The number of carbonyl (C=O) groups excluding carboxylic acids is 1. The number of rotatable bonds is 2. The van der Waals surface area contributed by atoms with Crippen molar-refractivity contribution in [2.45, 2.75) is 6.42 Å². The Kier molecular flexibility index (Phi) is 4.18. The minimum absolute atomic E-state index is 0.196. The second-order valence-corrected chi connectivity index (χ2v) is 3.67. The molecule has 0 aliphatic carbocycles. The first-order valence-corrected chi connectivity index (χ1v) is 4.83. The molecule has 1 amide bonds. The predicted molar refractivity (Wildman–Crippen MR) is 52.6 cm³/mol. The zero-order chi connectivity index (χ0) is 9.68. The molecule has 0 bridgehead atoms. The molecule has 1 heterocycles. The molecule has 0 spiro atoms. The highest BCUT2D eigenvalue weighted by Gasteiger charge is 2.13. The third-order valence-corrected chi connectivity index (χ3v) is 2.29. The van der Waals surface area contributed by atoms with Crippen molar-refractivity contribution in [3.05, 3.63) is 0 Å². The summed E-state index contributed by atoms with van der Waals surface area (Å²) < 4.78 is 0. The summed E-state index contributed by atoms with van der Waals surface area (Å²) in [7, 11) is 3.61. The van der Waals surface area contributed by atoms with Crippen molar-refractivity contribution in [2.75, 3.05) is 46.8 Å². The van der Waals surface area contributed by atoms with Crippen LogP contribution in [0.5, 0.6) is 0 Å². The highest BCUT2D eigenvalue weighted by atomic mass is 16.2. The van der Waals surface area contributed by atoms with Crippen LogP contribution in [-0.4, -0.2) is 62.5 Å². The van der Waals surface area contributed by atoms with Crippen molar-refractivity contribution in [1.29, 1.82) is 0 Å². The van der Waals surface area contributed by atoms with Crippen molar-refractivity contribution in [3.8, 4) is 0 Å². The number of amides is 1. The topological polar surface area (TPSA) is 35.6 Å². The van der Waals surface area contributed by atoms with Gasteiger partial charge in [0.2, 0.25) is 5.91 Å². The number of nitrogens with zero attached hydrogens (tertiary/aromatic N) is 2. The Balaban J connectivity index is 2.29. The summed E-state index contributed by atoms with van der Waals surface area (Å²) in [5, 5.41) is 3.31. The minimum atomic E-state index is 0.196. The van der Waals surface area contributed by atoms with Gasteiger partial charge in [-0.15, -0.1) is 0 Å². The van der Waals surface area contributed by atoms with Crippen molar-refractivity contribution in [3.63, 3.8) is 0 Å². The first-order valence-electron chi connectivity index (χ1n) is 4.83. The molecular formula is C9H19N3O. The maximum Gasteiger partial charge on any atom is 0.236 e. The van der Waals surface area contributed by atoms with E-state index in [0.717, 1.165) is 32.6 Å². The van der Waals surface area contributed by atoms with E-state index in [9.17, 15) is 4.79 Å². The molecule has 1 N–H and O–H groups in total. The standard InChI is InChI=1S/C9H19N3O/c1-11(2)9(13)8-12-6-3-4-10-5-7-12/h10H,3-8H2,1-2H3. The fourth-order valence-corrected chi connectivity index (χ4v) is 1.39. The number of hydrogen-bond donors (Lipinski definition) is 1. The summed E-state index contributed by atoms with van der Waals surface area (Å²) in [6.07, 6.45) is 1.14. The van der Waals surface area contributed by atoms with Crippen LogP contribution in [0.3, 0.4) is 0 Å². The van der Waals surface area contributed by atoms with Gasteiger partial charge < -0.3 is 10.2 Å². The van der Waals surface area contributed by atoms with Crippen molar-refractivity contribution in [2.24, 2.45) is 0 Å². The van der Waals surface area contributed by atoms with Crippen LogP contribution in [0.2, 0.25) is 0 Å². The molecule has 0 aromatic heterocycles. The lowest BCUT2D eigenvalue weighted by atomic mass is 10.4. The molecular weight excluding hydrogens is 166 g/mol. The molecule has 76 valence electrons. The quantitative estimate of drug-likeness (QED) is 0.622. The number of hydrogen-bond acceptors (Lipinski definition) is 3. The molecule has 1 rings (SSSR count). The first-order chi connectivity index (χ1) is 6.20. The van der Waals surface area contributed by atoms with Crippen molar-refractivity contribution < 1.29 is 4.79 Å². The maximum absolute atomic E-state index is 11.4. The molecule has 1 fully saturated rings. The zero-order valence-electron chi connectivity index (χ0n) is 8.55. The van der Waals surface area contributed by atoms with Crippen LogP contribution in [0, 0.1) is 0 Å². The van der Waals surface area contributed by atoms with Gasteiger partial charge in [-0.2, -0.15) is 0 Å². The molecule has 0 aromatic rings. The summed E-state index contributed by atoms with van der Waals surface area (Å²) in [5.74, 6) is 0.196. The highest BCUT2D eigenvalue weighted by molar-refractivity contribution is 5.77. The van der Waals surface area contributed by atoms with Gasteiger partial charge in [-0.25, -0.2) is 0 Å². The first kappa shape index (κ1) is 10.5. The zero-order valence-corrected chi connectivity index (χ0v) is 8.55. The molecule has 0 atom stereocenters. The average molecular weight is 185 g/mol. The molecule has 1 aliphatic heterocycles. The molecule has 0 unspecified atom stereocenters. The Labute approximate surface area is 79.9 Å². The summed E-state index contributed by atoms with van der Waals surface area (Å²) in [6.45, 7) is 4.66. The Bertz CT molecular complexity index is 162. The van der Waals surface area contributed by atoms with E-state index < -0.39 is 0 Å². The molecule has 0 radical (unpaired) electrons. The third-order valence-electron chi connectivity index (χ3n) is 2.29. The van der Waals surface area contributed by atoms with Crippen LogP contribution in [-0.2, 0) is 4.79 Å². The number of carbonyl (C=O) groups is 1. The van der Waals surface area contributed by atoms with E-state index in [4.69, 9.17) is 0 Å². The lowest BCUT2D eigenvalue weighted by Crippen LogP contribution is -2.38. The molecule has 13 heavy (non-hydrogen) atoms. The molecule has 4 heteroatoms. The average Bonchev–Trinajstić information content (AvgIpc) is 2.32. The van der Waals surface area contributed by atoms with Crippen LogP contribution in [0.15, 0.2) is 0 Å². The van der Waals surface area contributed by atoms with Gasteiger partial charge in [0.05, 0.1) is 6.54 Å². The molecule has 0 saturated carbocycles. The van der Waals surface area contributed by atoms with Crippen molar-refractivity contribution >= 4 is 5.91 Å². The van der Waals surface area contributed by atoms with Gasteiger partial charge in [0, 0.05) is 27.2 Å². The maximum atomic E-state index is 11.4. The van der Waals surface area contributed by atoms with E-state index in [2.05, 4.69) is 10.2 Å². The van der Waals surface area contributed by atoms with Crippen LogP contribution in [0.1, 0.15) is 6.42 Å². The van der Waals surface area contributed by atoms with Crippen LogP contribution in [0.25, 0.3) is 0 Å². The van der Waals surface area contributed by atoms with Gasteiger partial charge in [-0.1, -0.05) is 0 Å². The summed E-state index contributed by atoms with van der Waals surface area (Å²) in [6, 6.07) is 0. The Morgan fingerprint density at radius 3 is 2.85 bits per heavy atom. The fourth-order valence-electron chi connectivity index (χ4n) is 1.39. The van der Waals surface area contributed by atoms with E-state index in [1.807, 2.05) is 0 Å². The van der Waals surface area contributed by atoms with Crippen molar-refractivity contribution in [1.82, 2.24) is 15.1 Å². The molecule has 1 saturated heterocycles. The molecule has 4 nitrogen and oxygen atoms in total.